The average molecular weight is 782 g/mol. The molecule has 1 saturated carbocycles. The second kappa shape index (κ2) is 18.9. The van der Waals surface area contributed by atoms with Gasteiger partial charge in [-0.05, 0) is 84.6 Å². The predicted molar refractivity (Wildman–Crippen MR) is 220 cm³/mol. The number of rotatable bonds is 20. The molecule has 0 aromatic heterocycles. The first-order valence-electron chi connectivity index (χ1n) is 20.8. The van der Waals surface area contributed by atoms with E-state index in [2.05, 4.69) is 47.9 Å². The summed E-state index contributed by atoms with van der Waals surface area (Å²) in [5, 5.41) is 26.7. The minimum atomic E-state index is -1.38. The summed E-state index contributed by atoms with van der Waals surface area (Å²) in [6, 6.07) is 19.7. The van der Waals surface area contributed by atoms with Crippen LogP contribution >= 0.6 is 0 Å². The van der Waals surface area contributed by atoms with Crippen LogP contribution in [0.4, 0.5) is 4.79 Å². The first-order valence-corrected chi connectivity index (χ1v) is 20.8. The summed E-state index contributed by atoms with van der Waals surface area (Å²) >= 11 is 0. The lowest BCUT2D eigenvalue weighted by Gasteiger charge is -2.59. The molecule has 0 spiro atoms. The highest BCUT2D eigenvalue weighted by molar-refractivity contribution is 6.03. The van der Waals surface area contributed by atoms with Crippen LogP contribution in [0.3, 0.4) is 0 Å². The van der Waals surface area contributed by atoms with Crippen molar-refractivity contribution in [2.24, 2.45) is 22.9 Å². The molecule has 4 aliphatic rings. The Bertz CT molecular complexity index is 1910. The van der Waals surface area contributed by atoms with Crippen LogP contribution in [0.15, 0.2) is 90.1 Å². The van der Waals surface area contributed by atoms with Crippen molar-refractivity contribution < 1.29 is 38.8 Å². The van der Waals surface area contributed by atoms with Gasteiger partial charge in [0.05, 0.1) is 31.9 Å². The maximum atomic E-state index is 14.3. The number of hydrogen-bond acceptors (Lipinski definition) is 10. The summed E-state index contributed by atoms with van der Waals surface area (Å²) in [5.74, 6) is -0.216. The molecular weight excluding hydrogens is 723 g/mol. The van der Waals surface area contributed by atoms with E-state index in [0.717, 1.165) is 84.3 Å². The summed E-state index contributed by atoms with van der Waals surface area (Å²) in [6.07, 6.45) is 8.70. The zero-order valence-electron chi connectivity index (χ0n) is 33.5. The van der Waals surface area contributed by atoms with E-state index in [4.69, 9.17) is 28.9 Å². The predicted octanol–water partition coefficient (Wildman–Crippen LogP) is 7.46. The second-order valence-electron chi connectivity index (χ2n) is 15.6. The Morgan fingerprint density at radius 3 is 2.60 bits per heavy atom. The molecule has 306 valence electrons. The standard InChI is InChI=1S/C46H59N3O8/c1-4-26-55-46-42(49(45(52)53-3)31-34-16-12-15-32-13-6-7-17-36(32)34)30-40(47-56-5-2)38-28-33(14-8-10-24-50)37(18-9-11-25-51)43(44(38)46)39-29-35(19-20-41(39)57-46)54-27-23-48-21-22-48/h4,6-7,12-13,15-17,19-20,28-29,33,37,42-44,50-51H,1,5,8-11,14,18,21-27,30-31H2,2-3H3/t33-,37+,42-,43+,44+,46+/m0/s1. The summed E-state index contributed by atoms with van der Waals surface area (Å²) < 4.78 is 26.4. The molecule has 3 aromatic carbocycles. The fraction of sp³-hybridized carbons (Fsp3) is 0.522. The highest BCUT2D eigenvalue weighted by atomic mass is 16.7. The van der Waals surface area contributed by atoms with Gasteiger partial charge in [-0.1, -0.05) is 72.6 Å². The average Bonchev–Trinajstić information content (AvgIpc) is 4.07. The molecule has 0 radical (unpaired) electrons. The number of aliphatic hydroxyl groups is 2. The van der Waals surface area contributed by atoms with Crippen molar-refractivity contribution in [2.45, 2.75) is 76.2 Å². The van der Waals surface area contributed by atoms with Gasteiger partial charge in [0, 0.05) is 50.8 Å². The van der Waals surface area contributed by atoms with Crippen molar-refractivity contribution in [3.05, 3.63) is 96.1 Å². The fourth-order valence-electron chi connectivity index (χ4n) is 9.50. The number of nitrogens with zero attached hydrogens (tertiary/aromatic N) is 3. The minimum Gasteiger partial charge on any atom is -0.492 e. The van der Waals surface area contributed by atoms with Crippen molar-refractivity contribution in [2.75, 3.05) is 59.8 Å². The molecule has 2 N–H and O–H groups in total. The smallest absolute Gasteiger partial charge is 0.410 e. The lowest BCUT2D eigenvalue weighted by Crippen LogP contribution is -2.70. The SMILES string of the molecule is C=CCO[C@@]12Oc3ccc(OCCN4CC4)cc3[C@H]3[C@H](CCCCO)[C@@H](CCCCO)C=C(C(=NOCC)C[C@@H]1N(Cc1cccc4ccccc14)C(=O)OC)[C@H]32. The quantitative estimate of drug-likeness (QED) is 0.0521. The normalized spacial score (nSPS) is 25.5. The van der Waals surface area contributed by atoms with E-state index >= 15 is 0 Å². The summed E-state index contributed by atoms with van der Waals surface area (Å²) in [4.78, 5) is 24.3. The van der Waals surface area contributed by atoms with Crippen molar-refractivity contribution in [1.29, 1.82) is 0 Å². The largest absolute Gasteiger partial charge is 0.492 e. The third-order valence-electron chi connectivity index (χ3n) is 12.2. The van der Waals surface area contributed by atoms with Crippen LogP contribution in [0.2, 0.25) is 0 Å². The fourth-order valence-corrected chi connectivity index (χ4v) is 9.50. The number of carbonyl (C=O) groups is 1. The zero-order chi connectivity index (χ0) is 39.8. The minimum absolute atomic E-state index is 0.114. The van der Waals surface area contributed by atoms with Crippen LogP contribution in [0.1, 0.15) is 68.9 Å². The Morgan fingerprint density at radius 2 is 1.84 bits per heavy atom. The molecule has 1 amide bonds. The third-order valence-corrected chi connectivity index (χ3v) is 12.2. The first kappa shape index (κ1) is 40.8. The number of hydrogen-bond donors (Lipinski definition) is 2. The van der Waals surface area contributed by atoms with Gasteiger partial charge < -0.3 is 34.0 Å². The number of carbonyl (C=O) groups excluding carboxylic acids is 1. The number of benzene rings is 3. The van der Waals surface area contributed by atoms with Crippen molar-refractivity contribution in [1.82, 2.24) is 9.80 Å². The molecule has 7 rings (SSSR count). The number of methoxy groups -OCH3 is 1. The Kier molecular flexibility index (Phi) is 13.5. The Balaban J connectivity index is 1.43. The number of fused-ring (bicyclic) bond motifs is 3. The molecular formula is C46H59N3O8. The highest BCUT2D eigenvalue weighted by Gasteiger charge is 2.65. The second-order valence-corrected chi connectivity index (χ2v) is 15.6. The van der Waals surface area contributed by atoms with E-state index in [1.807, 2.05) is 37.3 Å². The molecule has 11 heteroatoms. The van der Waals surface area contributed by atoms with Gasteiger partial charge in [0.15, 0.2) is 0 Å². The molecule has 0 unspecified atom stereocenters. The van der Waals surface area contributed by atoms with E-state index in [1.54, 1.807) is 11.0 Å². The Morgan fingerprint density at radius 1 is 1.05 bits per heavy atom. The number of unbranched alkanes of at least 4 members (excludes halogenated alkanes) is 2. The third kappa shape index (κ3) is 8.72. The van der Waals surface area contributed by atoms with Crippen molar-refractivity contribution in [3.63, 3.8) is 0 Å². The van der Waals surface area contributed by atoms with Gasteiger partial charge in [-0.2, -0.15) is 0 Å². The van der Waals surface area contributed by atoms with E-state index in [1.165, 1.54) is 7.11 Å². The van der Waals surface area contributed by atoms with Crippen molar-refractivity contribution in [3.8, 4) is 11.5 Å². The van der Waals surface area contributed by atoms with Crippen molar-refractivity contribution >= 4 is 22.6 Å². The summed E-state index contributed by atoms with van der Waals surface area (Å²) in [5.41, 5.74) is 3.74. The van der Waals surface area contributed by atoms with E-state index in [-0.39, 0.29) is 50.5 Å². The van der Waals surface area contributed by atoms with Crippen LogP contribution in [0.25, 0.3) is 10.8 Å². The van der Waals surface area contributed by atoms with Gasteiger partial charge >= 0.3 is 6.09 Å². The Hall–Kier alpha value is -4.42. The molecule has 2 fully saturated rings. The van der Waals surface area contributed by atoms with Gasteiger partial charge in [0.25, 0.3) is 0 Å². The Labute approximate surface area is 336 Å². The van der Waals surface area contributed by atoms with Gasteiger partial charge in [-0.3, -0.25) is 9.80 Å². The summed E-state index contributed by atoms with van der Waals surface area (Å²) in [7, 11) is 1.41. The molecule has 2 aliphatic carbocycles. The molecule has 2 aliphatic heterocycles. The van der Waals surface area contributed by atoms with Crippen LogP contribution in [0.5, 0.6) is 11.5 Å². The van der Waals surface area contributed by atoms with E-state index < -0.39 is 23.8 Å². The maximum absolute atomic E-state index is 14.3. The lowest BCUT2D eigenvalue weighted by atomic mass is 9.55. The monoisotopic (exact) mass is 781 g/mol. The van der Waals surface area contributed by atoms with E-state index in [0.29, 0.717) is 31.8 Å². The number of amides is 1. The van der Waals surface area contributed by atoms with Crippen LogP contribution in [-0.4, -0.2) is 103 Å². The molecule has 57 heavy (non-hydrogen) atoms. The number of ether oxygens (including phenoxy) is 4. The maximum Gasteiger partial charge on any atom is 0.410 e. The summed E-state index contributed by atoms with van der Waals surface area (Å²) in [6.45, 7) is 10.7. The van der Waals surface area contributed by atoms with E-state index in [9.17, 15) is 15.0 Å². The van der Waals surface area contributed by atoms with Gasteiger partial charge in [-0.25, -0.2) is 4.79 Å². The highest BCUT2D eigenvalue weighted by Crippen LogP contribution is 2.62. The molecule has 2 heterocycles. The zero-order valence-corrected chi connectivity index (χ0v) is 33.5. The number of allylic oxidation sites excluding steroid dienone is 1. The van der Waals surface area contributed by atoms with Crippen LogP contribution in [0, 0.1) is 17.8 Å². The first-order chi connectivity index (χ1) is 28.0. The van der Waals surface area contributed by atoms with Gasteiger partial charge in [0.2, 0.25) is 5.79 Å². The lowest BCUT2D eigenvalue weighted by molar-refractivity contribution is -0.256. The molecule has 6 atom stereocenters. The molecule has 3 aromatic rings. The number of oxime groups is 1. The molecule has 0 bridgehead atoms. The molecule has 1 saturated heterocycles. The van der Waals surface area contributed by atoms with Crippen LogP contribution < -0.4 is 9.47 Å². The van der Waals surface area contributed by atoms with Crippen LogP contribution in [-0.2, 0) is 20.9 Å². The van der Waals surface area contributed by atoms with Gasteiger partial charge in [0.1, 0.15) is 30.8 Å². The number of aliphatic hydroxyl groups excluding tert-OH is 2. The molecule has 11 nitrogen and oxygen atoms in total. The van der Waals surface area contributed by atoms with Gasteiger partial charge in [-0.15, -0.1) is 6.58 Å². The topological polar surface area (TPSA) is 122 Å².